The second-order valence-corrected chi connectivity index (χ2v) is 12.0. The van der Waals surface area contributed by atoms with Gasteiger partial charge in [0.25, 0.3) is 10.1 Å². The molecule has 2 aliphatic heterocycles. The first kappa shape index (κ1) is 28.3. The highest BCUT2D eigenvalue weighted by atomic mass is 32.2. The second kappa shape index (κ2) is 11.6. The normalized spacial score (nSPS) is 16.5. The number of carbonyl (C=O) groups is 1. The van der Waals surface area contributed by atoms with Crippen LogP contribution in [0, 0.1) is 0 Å². The van der Waals surface area contributed by atoms with Crippen molar-refractivity contribution in [2.24, 2.45) is 0 Å². The smallest absolute Gasteiger partial charge is 0.349 e. The number of cyclic esters (lactones) is 1. The topological polar surface area (TPSA) is 119 Å². The Morgan fingerprint density at radius 2 is 1.49 bits per heavy atom. The number of carbonyl (C=O) groups excluding carboxylic acids is 1. The Kier molecular flexibility index (Phi) is 7.28. The molecule has 0 unspecified atom stereocenters. The van der Waals surface area contributed by atoms with Crippen LogP contribution in [0.5, 0.6) is 5.75 Å². The molecule has 4 aromatic carbocycles. The zero-order chi connectivity index (χ0) is 31.0. The van der Waals surface area contributed by atoms with Gasteiger partial charge >= 0.3 is 5.97 Å². The molecule has 0 saturated carbocycles. The van der Waals surface area contributed by atoms with Crippen LogP contribution in [0.3, 0.4) is 0 Å². The molecular formula is C35H26N2O7S. The Balaban J connectivity index is 1.30. The Labute approximate surface area is 259 Å². The number of nitrogens with zero attached hydrogens (tertiary/aromatic N) is 2. The lowest BCUT2D eigenvalue weighted by atomic mass is 9.99. The number of hydrogen-bond acceptors (Lipinski definition) is 8. The SMILES string of the molecule is O=C1O/C(=C\C=C2/Oc3ccc(-c4ccccc4)cc3N2CCCS(=O)(=O)O)C(c2ccccc2)=C1c1nc2ccccc2o1. The number of hydrogen-bond donors (Lipinski definition) is 1. The highest BCUT2D eigenvalue weighted by Crippen LogP contribution is 2.43. The maximum absolute atomic E-state index is 13.3. The summed E-state index contributed by atoms with van der Waals surface area (Å²) in [6, 6.07) is 32.3. The maximum Gasteiger partial charge on any atom is 0.349 e. The van der Waals surface area contributed by atoms with Crippen molar-refractivity contribution in [3.63, 3.8) is 0 Å². The lowest BCUT2D eigenvalue weighted by Crippen LogP contribution is -2.23. The molecule has 1 N–H and O–H groups in total. The third-order valence-electron chi connectivity index (χ3n) is 7.47. The minimum absolute atomic E-state index is 0.150. The van der Waals surface area contributed by atoms with Gasteiger partial charge in [-0.05, 0) is 53.5 Å². The lowest BCUT2D eigenvalue weighted by Gasteiger charge is -2.18. The van der Waals surface area contributed by atoms with Gasteiger partial charge in [-0.25, -0.2) is 9.78 Å². The Hall–Kier alpha value is -5.45. The van der Waals surface area contributed by atoms with Crippen LogP contribution in [-0.4, -0.2) is 36.2 Å². The Bertz CT molecular complexity index is 2100. The molecule has 10 heteroatoms. The summed E-state index contributed by atoms with van der Waals surface area (Å²) < 4.78 is 50.3. The summed E-state index contributed by atoms with van der Waals surface area (Å²) in [4.78, 5) is 19.7. The monoisotopic (exact) mass is 618 g/mol. The molecule has 0 aliphatic carbocycles. The van der Waals surface area contributed by atoms with Crippen molar-refractivity contribution >= 4 is 44.0 Å². The van der Waals surface area contributed by atoms with Crippen LogP contribution < -0.4 is 9.64 Å². The number of oxazole rings is 1. The van der Waals surface area contributed by atoms with Crippen LogP contribution in [0.2, 0.25) is 0 Å². The van der Waals surface area contributed by atoms with Gasteiger partial charge in [0.2, 0.25) is 11.8 Å². The zero-order valence-electron chi connectivity index (χ0n) is 23.8. The minimum atomic E-state index is -4.15. The van der Waals surface area contributed by atoms with Crippen molar-refractivity contribution in [1.29, 1.82) is 0 Å². The molecule has 224 valence electrons. The molecule has 1 aromatic heterocycles. The number of allylic oxidation sites excluding steroid dienone is 3. The molecule has 0 amide bonds. The predicted molar refractivity (Wildman–Crippen MR) is 170 cm³/mol. The third-order valence-corrected chi connectivity index (χ3v) is 8.28. The Morgan fingerprint density at radius 3 is 2.22 bits per heavy atom. The van der Waals surface area contributed by atoms with Crippen molar-refractivity contribution in [2.45, 2.75) is 6.42 Å². The van der Waals surface area contributed by atoms with Gasteiger partial charge < -0.3 is 18.8 Å². The van der Waals surface area contributed by atoms with Crippen molar-refractivity contribution in [2.75, 3.05) is 17.2 Å². The van der Waals surface area contributed by atoms with E-state index in [0.29, 0.717) is 28.3 Å². The molecule has 2 aliphatic rings. The van der Waals surface area contributed by atoms with Gasteiger partial charge in [-0.1, -0.05) is 78.9 Å². The molecule has 0 fully saturated rings. The van der Waals surface area contributed by atoms with Gasteiger partial charge in [0.15, 0.2) is 11.3 Å². The van der Waals surface area contributed by atoms with E-state index in [-0.39, 0.29) is 30.2 Å². The minimum Gasteiger partial charge on any atom is -0.439 e. The molecule has 45 heavy (non-hydrogen) atoms. The standard InChI is InChI=1S/C35H26N2O7S/c38-35-33(34-36-26-14-7-8-15-28(26)43-34)32(24-12-5-2-6-13-24)30(44-35)18-19-31-37(20-9-21-45(39,40)41)27-22-25(16-17-29(27)42-31)23-10-3-1-4-11-23/h1-8,10-19,22H,9,20-21H2,(H,39,40,41)/b30-18-,31-19-. The van der Waals surface area contributed by atoms with Crippen molar-refractivity contribution in [3.8, 4) is 16.9 Å². The van der Waals surface area contributed by atoms with Gasteiger partial charge in [-0.15, -0.1) is 0 Å². The third kappa shape index (κ3) is 5.76. The maximum atomic E-state index is 13.3. The summed E-state index contributed by atoms with van der Waals surface area (Å²) in [6.07, 6.45) is 3.47. The van der Waals surface area contributed by atoms with E-state index in [1.54, 1.807) is 18.2 Å². The van der Waals surface area contributed by atoms with Crippen LogP contribution in [0.25, 0.3) is 33.4 Å². The van der Waals surface area contributed by atoms with Gasteiger partial charge in [0, 0.05) is 18.2 Å². The van der Waals surface area contributed by atoms with Crippen molar-refractivity contribution in [1.82, 2.24) is 4.98 Å². The molecule has 7 rings (SSSR count). The number of rotatable bonds is 8. The molecule has 0 bridgehead atoms. The fourth-order valence-corrected chi connectivity index (χ4v) is 5.92. The Morgan fingerprint density at radius 1 is 0.778 bits per heavy atom. The summed E-state index contributed by atoms with van der Waals surface area (Å²) in [5.74, 6) is 0.410. The molecule has 0 spiro atoms. The van der Waals surface area contributed by atoms with Crippen molar-refractivity contribution in [3.05, 3.63) is 138 Å². The van der Waals surface area contributed by atoms with E-state index in [2.05, 4.69) is 4.98 Å². The fraction of sp³-hybridized carbons (Fsp3) is 0.0857. The van der Waals surface area contributed by atoms with Gasteiger partial charge in [-0.2, -0.15) is 8.42 Å². The molecule has 9 nitrogen and oxygen atoms in total. The first-order valence-electron chi connectivity index (χ1n) is 14.2. The summed E-state index contributed by atoms with van der Waals surface area (Å²) >= 11 is 0. The van der Waals surface area contributed by atoms with E-state index >= 15 is 0 Å². The van der Waals surface area contributed by atoms with E-state index in [0.717, 1.165) is 22.4 Å². The molecule has 5 aromatic rings. The number of benzene rings is 4. The van der Waals surface area contributed by atoms with Crippen LogP contribution in [0.1, 0.15) is 17.9 Å². The second-order valence-electron chi connectivity index (χ2n) is 10.5. The summed E-state index contributed by atoms with van der Waals surface area (Å²) in [5.41, 5.74) is 5.34. The van der Waals surface area contributed by atoms with Crippen LogP contribution in [-0.2, 0) is 19.6 Å². The fourth-order valence-electron chi connectivity index (χ4n) is 5.43. The number of esters is 1. The highest BCUT2D eigenvalue weighted by Gasteiger charge is 2.35. The van der Waals surface area contributed by atoms with Gasteiger partial charge in [-0.3, -0.25) is 4.55 Å². The summed E-state index contributed by atoms with van der Waals surface area (Å²) in [6.45, 7) is 0.245. The van der Waals surface area contributed by atoms with Crippen LogP contribution in [0.15, 0.2) is 131 Å². The van der Waals surface area contributed by atoms with Gasteiger partial charge in [0.05, 0.1) is 11.4 Å². The van der Waals surface area contributed by atoms with E-state index in [9.17, 15) is 17.8 Å². The molecule has 0 atom stereocenters. The van der Waals surface area contributed by atoms with Crippen molar-refractivity contribution < 1.29 is 31.7 Å². The lowest BCUT2D eigenvalue weighted by molar-refractivity contribution is -0.131. The molecule has 3 heterocycles. The van der Waals surface area contributed by atoms with Crippen LogP contribution >= 0.6 is 0 Å². The summed E-state index contributed by atoms with van der Waals surface area (Å²) in [5, 5.41) is 0. The van der Waals surface area contributed by atoms with E-state index in [1.807, 2.05) is 102 Å². The average Bonchev–Trinajstić information content (AvgIpc) is 3.72. The number of fused-ring (bicyclic) bond motifs is 2. The molecule has 0 radical (unpaired) electrons. The highest BCUT2D eigenvalue weighted by molar-refractivity contribution is 7.85. The van der Waals surface area contributed by atoms with E-state index < -0.39 is 21.8 Å². The molecule has 0 saturated heterocycles. The first-order chi connectivity index (χ1) is 21.8. The number of aromatic nitrogens is 1. The average molecular weight is 619 g/mol. The zero-order valence-corrected chi connectivity index (χ0v) is 24.6. The molecular weight excluding hydrogens is 592 g/mol. The number of anilines is 1. The van der Waals surface area contributed by atoms with E-state index in [4.69, 9.17) is 13.9 Å². The number of para-hydroxylation sites is 2. The predicted octanol–water partition coefficient (Wildman–Crippen LogP) is 6.86. The van der Waals surface area contributed by atoms with Crippen LogP contribution in [0.4, 0.5) is 5.69 Å². The number of ether oxygens (including phenoxy) is 2. The van der Waals surface area contributed by atoms with E-state index in [1.165, 1.54) is 0 Å². The first-order valence-corrected chi connectivity index (χ1v) is 15.9. The summed E-state index contributed by atoms with van der Waals surface area (Å²) in [7, 11) is -4.15. The quantitative estimate of drug-likeness (QED) is 0.147. The van der Waals surface area contributed by atoms with Gasteiger partial charge in [0.1, 0.15) is 16.8 Å². The largest absolute Gasteiger partial charge is 0.439 e.